The van der Waals surface area contributed by atoms with Gasteiger partial charge in [-0.15, -0.1) is 6.42 Å². The quantitative estimate of drug-likeness (QED) is 0.280. The maximum absolute atomic E-state index is 13.8. The molecule has 0 saturated heterocycles. The number of terminal acetylenes is 1. The van der Waals surface area contributed by atoms with Crippen molar-refractivity contribution in [1.29, 1.82) is 0 Å². The van der Waals surface area contributed by atoms with E-state index < -0.39 is 39.7 Å². The third kappa shape index (κ3) is 10.5. The van der Waals surface area contributed by atoms with Crippen LogP contribution in [0.4, 0.5) is 8.78 Å². The zero-order valence-electron chi connectivity index (χ0n) is 21.9. The van der Waals surface area contributed by atoms with Gasteiger partial charge in [0, 0.05) is 44.2 Å². The maximum atomic E-state index is 13.8. The van der Waals surface area contributed by atoms with Gasteiger partial charge in [0.25, 0.3) is 0 Å². The van der Waals surface area contributed by atoms with E-state index in [0.29, 0.717) is 32.5 Å². The van der Waals surface area contributed by atoms with Gasteiger partial charge in [-0.1, -0.05) is 31.9 Å². The topological polar surface area (TPSA) is 98.7 Å². The van der Waals surface area contributed by atoms with Crippen LogP contribution in [0.5, 0.6) is 0 Å². The molecule has 10 heteroatoms. The smallest absolute Gasteiger partial charge is 0.221 e. The lowest BCUT2D eigenvalue weighted by molar-refractivity contribution is -0.122. The van der Waals surface area contributed by atoms with Crippen LogP contribution in [0.15, 0.2) is 42.5 Å². The summed E-state index contributed by atoms with van der Waals surface area (Å²) in [6.07, 6.45) is 5.25. The minimum absolute atomic E-state index is 0.0552. The third-order valence-corrected chi connectivity index (χ3v) is 7.76. The molecular formula is C28H37F2N3O4S. The fraction of sp³-hybridized carbons (Fsp3) is 0.464. The van der Waals surface area contributed by atoms with Crippen molar-refractivity contribution in [3.05, 3.63) is 70.8 Å². The van der Waals surface area contributed by atoms with Crippen LogP contribution in [0.2, 0.25) is 0 Å². The van der Waals surface area contributed by atoms with Crippen molar-refractivity contribution in [1.82, 2.24) is 14.9 Å². The van der Waals surface area contributed by atoms with Gasteiger partial charge in [-0.05, 0) is 54.7 Å². The summed E-state index contributed by atoms with van der Waals surface area (Å²) < 4.78 is 54.3. The first-order chi connectivity index (χ1) is 18.1. The Labute approximate surface area is 224 Å². The van der Waals surface area contributed by atoms with E-state index in [1.807, 2.05) is 32.0 Å². The lowest BCUT2D eigenvalue weighted by Crippen LogP contribution is -2.49. The van der Waals surface area contributed by atoms with Crippen molar-refractivity contribution in [2.75, 3.05) is 25.4 Å². The van der Waals surface area contributed by atoms with Gasteiger partial charge >= 0.3 is 0 Å². The first-order valence-electron chi connectivity index (χ1n) is 12.7. The van der Waals surface area contributed by atoms with E-state index in [0.717, 1.165) is 29.3 Å². The average molecular weight is 550 g/mol. The fourth-order valence-electron chi connectivity index (χ4n) is 4.06. The SMILES string of the molecule is C#Cc1cccc(CNCC(O)C(Cc2cc(F)cc(F)c2)NC(=O)CCS(=O)(=O)N(CCC)CCC)c1. The monoisotopic (exact) mass is 549 g/mol. The minimum Gasteiger partial charge on any atom is -0.390 e. The molecule has 38 heavy (non-hydrogen) atoms. The lowest BCUT2D eigenvalue weighted by Gasteiger charge is -2.25. The van der Waals surface area contributed by atoms with E-state index in [1.54, 1.807) is 6.07 Å². The Hall–Kier alpha value is -2.84. The Morgan fingerprint density at radius 2 is 1.74 bits per heavy atom. The number of benzene rings is 2. The van der Waals surface area contributed by atoms with Gasteiger partial charge in [-0.25, -0.2) is 21.5 Å². The number of nitrogens with one attached hydrogen (secondary N) is 2. The highest BCUT2D eigenvalue weighted by Gasteiger charge is 2.25. The maximum Gasteiger partial charge on any atom is 0.221 e. The number of aliphatic hydroxyl groups is 1. The summed E-state index contributed by atoms with van der Waals surface area (Å²) in [5.41, 5.74) is 1.86. The molecule has 208 valence electrons. The number of carbonyl (C=O) groups is 1. The van der Waals surface area contributed by atoms with Crippen molar-refractivity contribution >= 4 is 15.9 Å². The number of hydrogen-bond donors (Lipinski definition) is 3. The van der Waals surface area contributed by atoms with Gasteiger partial charge in [0.15, 0.2) is 0 Å². The molecule has 2 aromatic carbocycles. The second-order valence-electron chi connectivity index (χ2n) is 9.16. The highest BCUT2D eigenvalue weighted by Crippen LogP contribution is 2.13. The number of sulfonamides is 1. The van der Waals surface area contributed by atoms with Crippen molar-refractivity contribution in [3.8, 4) is 12.3 Å². The molecule has 0 aliphatic heterocycles. The number of rotatable bonds is 16. The summed E-state index contributed by atoms with van der Waals surface area (Å²) in [5, 5.41) is 16.6. The van der Waals surface area contributed by atoms with E-state index >= 15 is 0 Å². The zero-order chi connectivity index (χ0) is 28.1. The summed E-state index contributed by atoms with van der Waals surface area (Å²) in [6.45, 7) is 4.96. The molecule has 2 aromatic rings. The summed E-state index contributed by atoms with van der Waals surface area (Å²) in [7, 11) is -3.63. The Morgan fingerprint density at radius 3 is 2.34 bits per heavy atom. The van der Waals surface area contributed by atoms with Crippen LogP contribution in [0.25, 0.3) is 0 Å². The van der Waals surface area contributed by atoms with Gasteiger partial charge in [0.1, 0.15) is 11.6 Å². The zero-order valence-corrected chi connectivity index (χ0v) is 22.7. The second-order valence-corrected chi connectivity index (χ2v) is 11.3. The number of halogens is 2. The Bertz CT molecular complexity index is 1170. The largest absolute Gasteiger partial charge is 0.390 e. The van der Waals surface area contributed by atoms with Crippen LogP contribution < -0.4 is 10.6 Å². The number of nitrogens with zero attached hydrogens (tertiary/aromatic N) is 1. The van der Waals surface area contributed by atoms with Crippen molar-refractivity contribution in [3.63, 3.8) is 0 Å². The minimum atomic E-state index is -3.63. The summed E-state index contributed by atoms with van der Waals surface area (Å²) >= 11 is 0. The standard InChI is InChI=1S/C28H37F2N3O4S/c1-4-11-33(12-5-2)38(36,37)13-10-28(35)32-26(17-23-15-24(29)18-25(30)16-23)27(34)20-31-19-22-9-7-8-21(6-3)14-22/h3,7-9,14-16,18,26-27,31,34H,4-5,10-13,17,19-20H2,1-2H3,(H,32,35). The normalized spacial score (nSPS) is 13.2. The summed E-state index contributed by atoms with van der Waals surface area (Å²) in [6, 6.07) is 9.40. The van der Waals surface area contributed by atoms with Crippen molar-refractivity contribution < 1.29 is 27.1 Å². The van der Waals surface area contributed by atoms with Crippen LogP contribution in [0, 0.1) is 24.0 Å². The highest BCUT2D eigenvalue weighted by atomic mass is 32.2. The molecule has 0 aromatic heterocycles. The molecule has 0 aliphatic rings. The molecule has 2 unspecified atom stereocenters. The fourth-order valence-corrected chi connectivity index (χ4v) is 5.69. The van der Waals surface area contributed by atoms with Gasteiger partial charge in [0.05, 0.1) is 17.9 Å². The Balaban J connectivity index is 2.08. The van der Waals surface area contributed by atoms with Crippen LogP contribution in [-0.4, -0.2) is 61.3 Å². The van der Waals surface area contributed by atoms with Gasteiger partial charge in [0.2, 0.25) is 15.9 Å². The molecule has 7 nitrogen and oxygen atoms in total. The van der Waals surface area contributed by atoms with Crippen molar-refractivity contribution in [2.24, 2.45) is 0 Å². The predicted molar refractivity (Wildman–Crippen MR) is 145 cm³/mol. The number of hydrogen-bond acceptors (Lipinski definition) is 5. The highest BCUT2D eigenvalue weighted by molar-refractivity contribution is 7.89. The summed E-state index contributed by atoms with van der Waals surface area (Å²) in [5.74, 6) is 0.0520. The molecule has 0 bridgehead atoms. The predicted octanol–water partition coefficient (Wildman–Crippen LogP) is 2.97. The molecule has 1 amide bonds. The van der Waals surface area contributed by atoms with Crippen LogP contribution in [0.3, 0.4) is 0 Å². The van der Waals surface area contributed by atoms with Crippen LogP contribution in [-0.2, 0) is 27.8 Å². The molecule has 0 spiro atoms. The molecule has 3 N–H and O–H groups in total. The van der Waals surface area contributed by atoms with Gasteiger partial charge < -0.3 is 15.7 Å². The van der Waals surface area contributed by atoms with Crippen molar-refractivity contribution in [2.45, 2.75) is 58.2 Å². The number of aliphatic hydroxyl groups excluding tert-OH is 1. The number of carbonyl (C=O) groups excluding carboxylic acids is 1. The molecular weight excluding hydrogens is 512 g/mol. The van der Waals surface area contributed by atoms with Crippen LogP contribution in [0.1, 0.15) is 49.8 Å². The van der Waals surface area contributed by atoms with E-state index in [9.17, 15) is 27.1 Å². The second kappa shape index (κ2) is 15.5. The first-order valence-corrected chi connectivity index (χ1v) is 14.3. The van der Waals surface area contributed by atoms with E-state index in [-0.39, 0.29) is 30.7 Å². The first kappa shape index (κ1) is 31.4. The lowest BCUT2D eigenvalue weighted by atomic mass is 10.0. The van der Waals surface area contributed by atoms with Crippen LogP contribution >= 0.6 is 0 Å². The van der Waals surface area contributed by atoms with E-state index in [4.69, 9.17) is 6.42 Å². The molecule has 0 fully saturated rings. The molecule has 2 atom stereocenters. The Morgan fingerprint density at radius 1 is 1.08 bits per heavy atom. The molecule has 0 heterocycles. The number of amides is 1. The van der Waals surface area contributed by atoms with E-state index in [2.05, 4.69) is 16.6 Å². The van der Waals surface area contributed by atoms with Gasteiger partial charge in [-0.3, -0.25) is 4.79 Å². The molecule has 0 radical (unpaired) electrons. The summed E-state index contributed by atoms with van der Waals surface area (Å²) in [4.78, 5) is 12.7. The van der Waals surface area contributed by atoms with E-state index in [1.165, 1.54) is 4.31 Å². The third-order valence-electron chi connectivity index (χ3n) is 5.89. The Kier molecular flexibility index (Phi) is 12.8. The van der Waals surface area contributed by atoms with Gasteiger partial charge in [-0.2, -0.15) is 0 Å². The molecule has 0 saturated carbocycles. The molecule has 2 rings (SSSR count). The average Bonchev–Trinajstić information content (AvgIpc) is 2.86. The molecule has 0 aliphatic carbocycles.